The van der Waals surface area contributed by atoms with Gasteiger partial charge >= 0.3 is 0 Å². The predicted molar refractivity (Wildman–Crippen MR) is 144 cm³/mol. The van der Waals surface area contributed by atoms with E-state index in [0.717, 1.165) is 35.8 Å². The summed E-state index contributed by atoms with van der Waals surface area (Å²) in [5.41, 5.74) is 3.56. The summed E-state index contributed by atoms with van der Waals surface area (Å²) in [5.74, 6) is 1.28. The second-order valence-electron chi connectivity index (χ2n) is 9.23. The molecule has 11 nitrogen and oxygen atoms in total. The van der Waals surface area contributed by atoms with Gasteiger partial charge in [-0.15, -0.1) is 0 Å². The fraction of sp³-hybridized carbons (Fsp3) is 0.357. The maximum atomic E-state index is 11.7. The summed E-state index contributed by atoms with van der Waals surface area (Å²) < 4.78 is 17.1. The number of methoxy groups -OCH3 is 1. The van der Waals surface area contributed by atoms with Gasteiger partial charge in [-0.3, -0.25) is 4.79 Å². The molecule has 2 fully saturated rings. The van der Waals surface area contributed by atoms with E-state index in [4.69, 9.17) is 19.3 Å². The average Bonchev–Trinajstić information content (AvgIpc) is 3.46. The van der Waals surface area contributed by atoms with E-state index >= 15 is 0 Å². The lowest BCUT2D eigenvalue weighted by Crippen LogP contribution is -2.36. The first-order valence-electron chi connectivity index (χ1n) is 12.8. The molecule has 2 N–H and O–H groups in total. The topological polar surface area (TPSA) is 133 Å². The lowest BCUT2D eigenvalue weighted by molar-refractivity contribution is -0.133. The summed E-state index contributed by atoms with van der Waals surface area (Å²) in [4.78, 5) is 24.5. The summed E-state index contributed by atoms with van der Waals surface area (Å²) >= 11 is 0. The van der Waals surface area contributed by atoms with Crippen LogP contribution in [-0.4, -0.2) is 85.1 Å². The van der Waals surface area contributed by atoms with E-state index in [-0.39, 0.29) is 12.0 Å². The molecule has 2 aromatic carbocycles. The maximum absolute atomic E-state index is 11.7. The second-order valence-corrected chi connectivity index (χ2v) is 9.23. The fourth-order valence-electron chi connectivity index (χ4n) is 4.74. The number of aliphatic hydroxyl groups excluding tert-OH is 1. The molecule has 39 heavy (non-hydrogen) atoms. The lowest BCUT2D eigenvalue weighted by atomic mass is 10.1. The van der Waals surface area contributed by atoms with Crippen molar-refractivity contribution < 1.29 is 24.1 Å². The van der Waals surface area contributed by atoms with Gasteiger partial charge in [0.15, 0.2) is 0 Å². The molecule has 2 saturated heterocycles. The van der Waals surface area contributed by atoms with Crippen molar-refractivity contribution in [3.63, 3.8) is 0 Å². The zero-order valence-electron chi connectivity index (χ0n) is 21.7. The number of hydrogen-bond acceptors (Lipinski definition) is 10. The number of nitrogens with one attached hydrogen (secondary N) is 1. The van der Waals surface area contributed by atoms with Crippen LogP contribution in [0.2, 0.25) is 0 Å². The molecule has 3 heterocycles. The highest BCUT2D eigenvalue weighted by Crippen LogP contribution is 2.33. The van der Waals surface area contributed by atoms with Gasteiger partial charge in [0.05, 0.1) is 43.8 Å². The number of carbonyl (C=O) groups is 1. The van der Waals surface area contributed by atoms with Crippen LogP contribution in [0.1, 0.15) is 12.0 Å². The van der Waals surface area contributed by atoms with Crippen molar-refractivity contribution in [2.45, 2.75) is 12.5 Å². The standard InChI is InChI=1S/C28H30N6O5/c1-37-26-15-21(3-4-24(26)33-10-12-38-13-11-33)31-28-30-8-6-23(32-28)19-2-5-25(20(14-19)16-29)39-22-7-9-34(17-22)27(36)18-35/h2-6,8,14-15,22,35H,7,9-13,17-18H2,1H3,(H,30,31,32)/t22-/m1/s1. The third-order valence-electron chi connectivity index (χ3n) is 6.77. The van der Waals surface area contributed by atoms with Crippen LogP contribution in [0.4, 0.5) is 17.3 Å². The molecule has 0 aliphatic carbocycles. The van der Waals surface area contributed by atoms with E-state index < -0.39 is 6.61 Å². The number of aromatic nitrogens is 2. The zero-order valence-corrected chi connectivity index (χ0v) is 21.7. The molecular formula is C28H30N6O5. The van der Waals surface area contributed by atoms with Crippen LogP contribution in [0.3, 0.4) is 0 Å². The molecule has 0 bridgehead atoms. The SMILES string of the molecule is COc1cc(Nc2nccc(-c3ccc(O[C@@H]4CCN(C(=O)CO)C4)c(C#N)c3)n2)ccc1N1CCOCC1. The minimum absolute atomic E-state index is 0.236. The normalized spacial score (nSPS) is 17.0. The Morgan fingerprint density at radius 3 is 2.79 bits per heavy atom. The summed E-state index contributed by atoms with van der Waals surface area (Å²) in [7, 11) is 1.65. The zero-order chi connectivity index (χ0) is 27.2. The molecule has 0 spiro atoms. The number of aliphatic hydroxyl groups is 1. The highest BCUT2D eigenvalue weighted by molar-refractivity contribution is 5.77. The van der Waals surface area contributed by atoms with E-state index in [1.165, 1.54) is 0 Å². The van der Waals surface area contributed by atoms with Gasteiger partial charge in [0, 0.05) is 49.6 Å². The van der Waals surface area contributed by atoms with Crippen molar-refractivity contribution in [3.8, 4) is 28.8 Å². The molecule has 3 aromatic rings. The van der Waals surface area contributed by atoms with Gasteiger partial charge in [0.2, 0.25) is 11.9 Å². The average molecular weight is 531 g/mol. The van der Waals surface area contributed by atoms with E-state index in [9.17, 15) is 10.1 Å². The van der Waals surface area contributed by atoms with Crippen LogP contribution in [0.5, 0.6) is 11.5 Å². The molecule has 0 saturated carbocycles. The van der Waals surface area contributed by atoms with Gasteiger partial charge in [-0.25, -0.2) is 9.97 Å². The minimum Gasteiger partial charge on any atom is -0.495 e. The Kier molecular flexibility index (Phi) is 8.05. The molecule has 11 heteroatoms. The Morgan fingerprint density at radius 1 is 1.18 bits per heavy atom. The van der Waals surface area contributed by atoms with Gasteiger partial charge in [-0.1, -0.05) is 0 Å². The van der Waals surface area contributed by atoms with E-state index in [0.29, 0.717) is 55.7 Å². The van der Waals surface area contributed by atoms with Crippen LogP contribution < -0.4 is 19.7 Å². The fourth-order valence-corrected chi connectivity index (χ4v) is 4.74. The smallest absolute Gasteiger partial charge is 0.248 e. The van der Waals surface area contributed by atoms with Crippen molar-refractivity contribution in [2.24, 2.45) is 0 Å². The monoisotopic (exact) mass is 530 g/mol. The molecule has 1 amide bonds. The lowest BCUT2D eigenvalue weighted by Gasteiger charge is -2.30. The number of rotatable bonds is 8. The Labute approximate surface area is 226 Å². The van der Waals surface area contributed by atoms with Crippen LogP contribution in [0, 0.1) is 11.3 Å². The third-order valence-corrected chi connectivity index (χ3v) is 6.77. The van der Waals surface area contributed by atoms with Crippen molar-refractivity contribution in [2.75, 3.05) is 63.3 Å². The van der Waals surface area contributed by atoms with Gasteiger partial charge in [0.1, 0.15) is 30.3 Å². The first-order chi connectivity index (χ1) is 19.1. The predicted octanol–water partition coefficient (Wildman–Crippen LogP) is 2.58. The van der Waals surface area contributed by atoms with E-state index in [2.05, 4.69) is 26.3 Å². The number of carbonyl (C=O) groups excluding carboxylic acids is 1. The van der Waals surface area contributed by atoms with Crippen LogP contribution in [0.25, 0.3) is 11.3 Å². The Hall–Kier alpha value is -4.40. The largest absolute Gasteiger partial charge is 0.495 e. The summed E-state index contributed by atoms with van der Waals surface area (Å²) in [6.45, 7) is 3.38. The number of nitrogens with zero attached hydrogens (tertiary/aromatic N) is 5. The molecule has 202 valence electrons. The molecule has 0 radical (unpaired) electrons. The van der Waals surface area contributed by atoms with Crippen LogP contribution in [-0.2, 0) is 9.53 Å². The number of nitriles is 1. The Bertz CT molecular complexity index is 1370. The Balaban J connectivity index is 1.30. The molecule has 1 atom stereocenters. The molecular weight excluding hydrogens is 500 g/mol. The van der Waals surface area contributed by atoms with Crippen molar-refractivity contribution in [1.29, 1.82) is 5.26 Å². The van der Waals surface area contributed by atoms with E-state index in [1.807, 2.05) is 24.3 Å². The number of anilines is 3. The number of benzene rings is 2. The van der Waals surface area contributed by atoms with Gasteiger partial charge in [0.25, 0.3) is 0 Å². The summed E-state index contributed by atoms with van der Waals surface area (Å²) in [6, 6.07) is 15.2. The molecule has 0 unspecified atom stereocenters. The number of morpholine rings is 1. The number of hydrogen-bond donors (Lipinski definition) is 2. The molecule has 2 aliphatic rings. The van der Waals surface area contributed by atoms with Crippen molar-refractivity contribution in [3.05, 3.63) is 54.2 Å². The first kappa shape index (κ1) is 26.2. The second kappa shape index (κ2) is 12.0. The number of amides is 1. The summed E-state index contributed by atoms with van der Waals surface area (Å²) in [5, 5.41) is 22.1. The molecule has 1 aromatic heterocycles. The van der Waals surface area contributed by atoms with Gasteiger partial charge in [-0.2, -0.15) is 5.26 Å². The van der Waals surface area contributed by atoms with Crippen LogP contribution in [0.15, 0.2) is 48.7 Å². The first-order valence-corrected chi connectivity index (χ1v) is 12.8. The van der Waals surface area contributed by atoms with Crippen molar-refractivity contribution >= 4 is 23.2 Å². The van der Waals surface area contributed by atoms with E-state index in [1.54, 1.807) is 36.4 Å². The highest BCUT2D eigenvalue weighted by Gasteiger charge is 2.27. The van der Waals surface area contributed by atoms with Gasteiger partial charge < -0.3 is 34.4 Å². The van der Waals surface area contributed by atoms with Crippen molar-refractivity contribution in [1.82, 2.24) is 14.9 Å². The van der Waals surface area contributed by atoms with Gasteiger partial charge in [-0.05, 0) is 36.4 Å². The Morgan fingerprint density at radius 2 is 2.03 bits per heavy atom. The molecule has 2 aliphatic heterocycles. The molecule has 5 rings (SSSR count). The maximum Gasteiger partial charge on any atom is 0.248 e. The minimum atomic E-state index is -0.520. The van der Waals surface area contributed by atoms with Crippen LogP contribution >= 0.6 is 0 Å². The number of ether oxygens (including phenoxy) is 3. The highest BCUT2D eigenvalue weighted by atomic mass is 16.5. The summed E-state index contributed by atoms with van der Waals surface area (Å²) in [6.07, 6.45) is 2.06. The third kappa shape index (κ3) is 6.03. The quantitative estimate of drug-likeness (QED) is 0.448. The number of likely N-dealkylation sites (tertiary alicyclic amines) is 1.